The molecule has 3 amide bonds. The smallest absolute Gasteiger partial charge is 0.326 e. The summed E-state index contributed by atoms with van der Waals surface area (Å²) in [6.45, 7) is 0.155. The molecule has 0 aliphatic heterocycles. The molecule has 0 saturated heterocycles. The third-order valence-corrected chi connectivity index (χ3v) is 5.57. The average Bonchev–Trinajstić information content (AvgIpc) is 2.80. The van der Waals surface area contributed by atoms with Crippen LogP contribution in [0.5, 0.6) is 0 Å². The number of carbonyl (C=O) groups is 4. The average molecular weight is 482 g/mol. The number of carbonyl (C=O) groups excluding carboxylic acids is 3. The largest absolute Gasteiger partial charge is 0.480 e. The van der Waals surface area contributed by atoms with E-state index in [1.54, 1.807) is 0 Å². The van der Waals surface area contributed by atoms with Crippen molar-refractivity contribution in [1.29, 1.82) is 0 Å². The van der Waals surface area contributed by atoms with Gasteiger partial charge in [0.15, 0.2) is 0 Å². The summed E-state index contributed by atoms with van der Waals surface area (Å²) in [5.74, 6) is -2.20. The summed E-state index contributed by atoms with van der Waals surface area (Å²) in [5, 5.41) is 17.2. The van der Waals surface area contributed by atoms with Crippen molar-refractivity contribution in [2.24, 2.45) is 11.5 Å². The number of carboxylic acids is 1. The highest BCUT2D eigenvalue weighted by Crippen LogP contribution is 2.08. The van der Waals surface area contributed by atoms with Gasteiger partial charge < -0.3 is 32.5 Å². The maximum Gasteiger partial charge on any atom is 0.326 e. The molecule has 1 aromatic rings. The molecule has 10 nitrogen and oxygen atoms in total. The quantitative estimate of drug-likeness (QED) is 0.173. The number of amides is 3. The van der Waals surface area contributed by atoms with Crippen molar-refractivity contribution in [3.63, 3.8) is 0 Å². The van der Waals surface area contributed by atoms with Crippen molar-refractivity contribution in [2.75, 3.05) is 25.1 Å². The second-order valence-corrected chi connectivity index (χ2v) is 8.53. The summed E-state index contributed by atoms with van der Waals surface area (Å²) in [6.07, 6.45) is 3.82. The molecule has 1 aromatic carbocycles. The molecule has 1 rings (SSSR count). The van der Waals surface area contributed by atoms with Gasteiger partial charge in [-0.25, -0.2) is 4.79 Å². The van der Waals surface area contributed by atoms with Crippen molar-refractivity contribution >= 4 is 35.5 Å². The van der Waals surface area contributed by atoms with Crippen LogP contribution in [0.25, 0.3) is 0 Å². The first-order valence-corrected chi connectivity index (χ1v) is 12.3. The molecule has 0 aliphatic carbocycles. The summed E-state index contributed by atoms with van der Waals surface area (Å²) < 4.78 is 0. The molecule has 0 saturated carbocycles. The molecule has 0 radical (unpaired) electrons. The number of aliphatic carboxylic acids is 1. The molecular weight excluding hydrogens is 446 g/mol. The van der Waals surface area contributed by atoms with Crippen LogP contribution in [0.3, 0.4) is 0 Å². The van der Waals surface area contributed by atoms with Gasteiger partial charge in [-0.15, -0.1) is 0 Å². The van der Waals surface area contributed by atoms with E-state index >= 15 is 0 Å². The van der Waals surface area contributed by atoms with Crippen molar-refractivity contribution in [2.45, 2.75) is 50.2 Å². The second kappa shape index (κ2) is 16.1. The van der Waals surface area contributed by atoms with Crippen LogP contribution in [-0.2, 0) is 25.6 Å². The van der Waals surface area contributed by atoms with Gasteiger partial charge in [0.05, 0.1) is 6.54 Å². The number of hydrogen-bond acceptors (Lipinski definition) is 7. The Kier molecular flexibility index (Phi) is 13.8. The Morgan fingerprint density at radius 3 is 2.12 bits per heavy atom. The van der Waals surface area contributed by atoms with E-state index in [-0.39, 0.29) is 19.4 Å². The highest BCUT2D eigenvalue weighted by atomic mass is 32.2. The van der Waals surface area contributed by atoms with Gasteiger partial charge in [-0.05, 0) is 49.8 Å². The van der Waals surface area contributed by atoms with E-state index in [0.717, 1.165) is 5.56 Å². The van der Waals surface area contributed by atoms with E-state index < -0.39 is 41.8 Å². The van der Waals surface area contributed by atoms with Crippen molar-refractivity contribution in [1.82, 2.24) is 16.0 Å². The molecule has 0 heterocycles. The van der Waals surface area contributed by atoms with Crippen LogP contribution in [0.15, 0.2) is 30.3 Å². The summed E-state index contributed by atoms with van der Waals surface area (Å²) in [5.41, 5.74) is 11.7. The number of nitrogens with two attached hydrogens (primary N) is 2. The first kappa shape index (κ1) is 28.4. The fourth-order valence-electron chi connectivity index (χ4n) is 3.11. The SMILES string of the molecule is CSCCC(NC(=O)C(Cc1ccccc1)NC(=O)CN)C(=O)NC(CCCCN)C(=O)O. The van der Waals surface area contributed by atoms with Crippen LogP contribution in [0, 0.1) is 0 Å². The molecule has 3 unspecified atom stereocenters. The highest BCUT2D eigenvalue weighted by Gasteiger charge is 2.29. The molecule has 8 N–H and O–H groups in total. The van der Waals surface area contributed by atoms with Gasteiger partial charge in [0.2, 0.25) is 17.7 Å². The van der Waals surface area contributed by atoms with Crippen LogP contribution >= 0.6 is 11.8 Å². The number of nitrogens with one attached hydrogen (secondary N) is 3. The van der Waals surface area contributed by atoms with Crippen LogP contribution in [-0.4, -0.2) is 72.0 Å². The number of rotatable bonds is 16. The molecule has 11 heteroatoms. The third kappa shape index (κ3) is 11.2. The first-order valence-electron chi connectivity index (χ1n) is 10.9. The lowest BCUT2D eigenvalue weighted by molar-refractivity contribution is -0.142. The predicted molar refractivity (Wildman–Crippen MR) is 129 cm³/mol. The standard InChI is InChI=1S/C22H35N5O5S/c1-33-12-10-16(20(29)27-17(22(31)32)9-5-6-11-23)26-21(30)18(25-19(28)14-24)13-15-7-3-2-4-8-15/h2-4,7-8,16-18H,5-6,9-14,23-24H2,1H3,(H,25,28)(H,26,30)(H,27,29)(H,31,32). The monoisotopic (exact) mass is 481 g/mol. The molecule has 3 atom stereocenters. The molecule has 0 aliphatic rings. The maximum absolute atomic E-state index is 13.0. The highest BCUT2D eigenvalue weighted by molar-refractivity contribution is 7.98. The fourth-order valence-corrected chi connectivity index (χ4v) is 3.58. The minimum Gasteiger partial charge on any atom is -0.480 e. The molecule has 0 fully saturated rings. The topological polar surface area (TPSA) is 177 Å². The van der Waals surface area contributed by atoms with Gasteiger partial charge >= 0.3 is 5.97 Å². The summed E-state index contributed by atoms with van der Waals surface area (Å²) in [7, 11) is 0. The lowest BCUT2D eigenvalue weighted by atomic mass is 10.0. The third-order valence-electron chi connectivity index (χ3n) is 4.92. The molecule has 0 spiro atoms. The minimum atomic E-state index is -1.15. The summed E-state index contributed by atoms with van der Waals surface area (Å²) in [4.78, 5) is 49.3. The van der Waals surface area contributed by atoms with E-state index in [4.69, 9.17) is 11.5 Å². The van der Waals surface area contributed by atoms with Gasteiger partial charge in [-0.3, -0.25) is 14.4 Å². The first-order chi connectivity index (χ1) is 15.8. The van der Waals surface area contributed by atoms with Crippen LogP contribution in [0.4, 0.5) is 0 Å². The van der Waals surface area contributed by atoms with Gasteiger partial charge in [0.1, 0.15) is 18.1 Å². The van der Waals surface area contributed by atoms with Crippen molar-refractivity contribution < 1.29 is 24.3 Å². The Labute approximate surface area is 198 Å². The van der Waals surface area contributed by atoms with Crippen molar-refractivity contribution in [3.05, 3.63) is 35.9 Å². The summed E-state index contributed by atoms with van der Waals surface area (Å²) in [6, 6.07) is 6.17. The van der Waals surface area contributed by atoms with Gasteiger partial charge in [0, 0.05) is 6.42 Å². The number of thioether (sulfide) groups is 1. The van der Waals surface area contributed by atoms with Crippen LogP contribution in [0.1, 0.15) is 31.2 Å². The van der Waals surface area contributed by atoms with E-state index in [2.05, 4.69) is 16.0 Å². The number of carboxylic acid groups (broad SMARTS) is 1. The van der Waals surface area contributed by atoms with E-state index in [0.29, 0.717) is 31.6 Å². The zero-order chi connectivity index (χ0) is 24.6. The molecule has 0 aromatic heterocycles. The van der Waals surface area contributed by atoms with Crippen LogP contribution in [0.2, 0.25) is 0 Å². The Morgan fingerprint density at radius 2 is 1.55 bits per heavy atom. The Hall–Kier alpha value is -2.63. The van der Waals surface area contributed by atoms with Gasteiger partial charge in [-0.2, -0.15) is 11.8 Å². The van der Waals surface area contributed by atoms with E-state index in [1.165, 1.54) is 11.8 Å². The number of hydrogen-bond donors (Lipinski definition) is 6. The molecule has 0 bridgehead atoms. The lowest BCUT2D eigenvalue weighted by Gasteiger charge is -2.24. The minimum absolute atomic E-state index is 0.214. The molecular formula is C22H35N5O5S. The van der Waals surface area contributed by atoms with Gasteiger partial charge in [0.25, 0.3) is 0 Å². The second-order valence-electron chi connectivity index (χ2n) is 7.54. The Morgan fingerprint density at radius 1 is 0.909 bits per heavy atom. The van der Waals surface area contributed by atoms with Crippen molar-refractivity contribution in [3.8, 4) is 0 Å². The lowest BCUT2D eigenvalue weighted by Crippen LogP contribution is -2.56. The van der Waals surface area contributed by atoms with E-state index in [1.807, 2.05) is 36.6 Å². The number of benzene rings is 1. The molecule has 184 valence electrons. The Bertz CT molecular complexity index is 765. The maximum atomic E-state index is 13.0. The van der Waals surface area contributed by atoms with E-state index in [9.17, 15) is 24.3 Å². The Balaban J connectivity index is 2.94. The zero-order valence-electron chi connectivity index (χ0n) is 18.9. The summed E-state index contributed by atoms with van der Waals surface area (Å²) >= 11 is 1.49. The van der Waals surface area contributed by atoms with Gasteiger partial charge in [-0.1, -0.05) is 30.3 Å². The zero-order valence-corrected chi connectivity index (χ0v) is 19.7. The normalized spacial score (nSPS) is 13.4. The predicted octanol–water partition coefficient (Wildman–Crippen LogP) is -0.391. The molecule has 33 heavy (non-hydrogen) atoms. The number of unbranched alkanes of at least 4 members (excludes halogenated alkanes) is 1. The van der Waals surface area contributed by atoms with Crippen LogP contribution < -0.4 is 27.4 Å². The fraction of sp³-hybridized carbons (Fsp3) is 0.545.